The van der Waals surface area contributed by atoms with Crippen LogP contribution in [0.4, 0.5) is 11.4 Å². The molecule has 0 aliphatic heterocycles. The van der Waals surface area contributed by atoms with Crippen LogP contribution in [-0.4, -0.2) is 47.0 Å². The number of methoxy groups -OCH3 is 2. The number of anilines is 2. The third-order valence-corrected chi connectivity index (χ3v) is 7.48. The predicted octanol–water partition coefficient (Wildman–Crippen LogP) is 4.07. The van der Waals surface area contributed by atoms with Gasteiger partial charge in [-0.2, -0.15) is 0 Å². The maximum atomic E-state index is 13.7. The second-order valence-corrected chi connectivity index (χ2v) is 10.1. The molecular formula is C27H31N3O6S. The highest BCUT2D eigenvalue weighted by molar-refractivity contribution is 7.92. The molecule has 2 N–H and O–H groups in total. The Bertz CT molecular complexity index is 1350. The summed E-state index contributed by atoms with van der Waals surface area (Å²) in [5, 5.41) is 5.57. The Labute approximate surface area is 217 Å². The van der Waals surface area contributed by atoms with Crippen molar-refractivity contribution in [2.24, 2.45) is 0 Å². The molecule has 9 nitrogen and oxygen atoms in total. The van der Waals surface area contributed by atoms with Gasteiger partial charge in [0.05, 0.1) is 36.1 Å². The lowest BCUT2D eigenvalue weighted by Crippen LogP contribution is -2.38. The van der Waals surface area contributed by atoms with E-state index in [1.54, 1.807) is 54.6 Å². The number of hydrogen-bond acceptors (Lipinski definition) is 6. The number of para-hydroxylation sites is 2. The maximum absolute atomic E-state index is 13.7. The van der Waals surface area contributed by atoms with Crippen molar-refractivity contribution < 1.29 is 27.5 Å². The summed E-state index contributed by atoms with van der Waals surface area (Å²) < 4.78 is 38.9. The highest BCUT2D eigenvalue weighted by Gasteiger charge is 2.28. The summed E-state index contributed by atoms with van der Waals surface area (Å²) >= 11 is 0. The van der Waals surface area contributed by atoms with Gasteiger partial charge >= 0.3 is 0 Å². The molecule has 0 spiro atoms. The van der Waals surface area contributed by atoms with Crippen molar-refractivity contribution in [2.45, 2.75) is 31.2 Å². The van der Waals surface area contributed by atoms with Crippen LogP contribution in [-0.2, 0) is 14.8 Å². The minimum absolute atomic E-state index is 0.0449. The molecular weight excluding hydrogens is 494 g/mol. The van der Waals surface area contributed by atoms with Crippen molar-refractivity contribution >= 4 is 33.2 Å². The monoisotopic (exact) mass is 525 g/mol. The summed E-state index contributed by atoms with van der Waals surface area (Å²) in [6.07, 6.45) is 0.750. The van der Waals surface area contributed by atoms with Gasteiger partial charge in [-0.25, -0.2) is 8.42 Å². The molecule has 3 aromatic rings. The fourth-order valence-electron chi connectivity index (χ4n) is 3.53. The molecule has 0 aliphatic rings. The molecule has 0 aliphatic carbocycles. The van der Waals surface area contributed by atoms with E-state index in [0.717, 1.165) is 10.7 Å². The molecule has 2 amide bonds. The summed E-state index contributed by atoms with van der Waals surface area (Å²) in [6, 6.07) is 19.0. The highest BCUT2D eigenvalue weighted by atomic mass is 32.2. The quantitative estimate of drug-likeness (QED) is 0.390. The molecule has 0 unspecified atom stereocenters. The van der Waals surface area contributed by atoms with E-state index in [2.05, 4.69) is 10.6 Å². The minimum Gasteiger partial charge on any atom is -0.493 e. The molecule has 0 saturated carbocycles. The summed E-state index contributed by atoms with van der Waals surface area (Å²) in [6.45, 7) is 3.31. The highest BCUT2D eigenvalue weighted by Crippen LogP contribution is 2.32. The normalized spacial score (nSPS) is 11.8. The first-order valence-corrected chi connectivity index (χ1v) is 13.1. The molecule has 0 bridgehead atoms. The van der Waals surface area contributed by atoms with Gasteiger partial charge in [0, 0.05) is 12.1 Å². The largest absolute Gasteiger partial charge is 0.493 e. The molecule has 3 aromatic carbocycles. The van der Waals surface area contributed by atoms with Crippen LogP contribution < -0.4 is 24.4 Å². The van der Waals surface area contributed by atoms with Gasteiger partial charge in [0.1, 0.15) is 6.54 Å². The number of nitrogens with zero attached hydrogens (tertiary/aromatic N) is 1. The van der Waals surface area contributed by atoms with E-state index in [-0.39, 0.29) is 33.8 Å². The van der Waals surface area contributed by atoms with E-state index in [1.807, 2.05) is 13.8 Å². The number of amides is 2. The Kier molecular flexibility index (Phi) is 9.13. The van der Waals surface area contributed by atoms with E-state index in [0.29, 0.717) is 11.4 Å². The van der Waals surface area contributed by atoms with Crippen LogP contribution in [0.2, 0.25) is 0 Å². The van der Waals surface area contributed by atoms with Crippen LogP contribution in [0, 0.1) is 0 Å². The number of hydrogen-bond donors (Lipinski definition) is 2. The Balaban J connectivity index is 1.93. The van der Waals surface area contributed by atoms with Crippen molar-refractivity contribution in [3.05, 3.63) is 78.4 Å². The molecule has 0 heterocycles. The minimum atomic E-state index is -4.19. The molecule has 0 aromatic heterocycles. The van der Waals surface area contributed by atoms with Crippen molar-refractivity contribution in [2.75, 3.05) is 30.4 Å². The van der Waals surface area contributed by atoms with Gasteiger partial charge in [-0.05, 0) is 49.7 Å². The Morgan fingerprint density at radius 2 is 1.57 bits per heavy atom. The lowest BCUT2D eigenvalue weighted by atomic mass is 10.1. The van der Waals surface area contributed by atoms with E-state index >= 15 is 0 Å². The first kappa shape index (κ1) is 27.5. The summed E-state index contributed by atoms with van der Waals surface area (Å²) in [7, 11) is -1.33. The van der Waals surface area contributed by atoms with E-state index < -0.39 is 22.5 Å². The Morgan fingerprint density at radius 3 is 2.22 bits per heavy atom. The van der Waals surface area contributed by atoms with Gasteiger partial charge in [0.15, 0.2) is 11.5 Å². The van der Waals surface area contributed by atoms with Crippen LogP contribution in [0.3, 0.4) is 0 Å². The number of rotatable bonds is 11. The number of ether oxygens (including phenoxy) is 2. The number of benzene rings is 3. The summed E-state index contributed by atoms with van der Waals surface area (Å²) in [4.78, 5) is 25.8. The zero-order chi connectivity index (χ0) is 27.0. The first-order chi connectivity index (χ1) is 17.7. The Hall–Kier alpha value is -4.05. The molecule has 3 rings (SSSR count). The van der Waals surface area contributed by atoms with Gasteiger partial charge in [-0.15, -0.1) is 0 Å². The molecule has 1 atom stereocenters. The third kappa shape index (κ3) is 6.59. The van der Waals surface area contributed by atoms with Crippen LogP contribution >= 0.6 is 0 Å². The Morgan fingerprint density at radius 1 is 0.919 bits per heavy atom. The van der Waals surface area contributed by atoms with Gasteiger partial charge < -0.3 is 20.1 Å². The zero-order valence-corrected chi connectivity index (χ0v) is 22.0. The van der Waals surface area contributed by atoms with Gasteiger partial charge in [0.25, 0.3) is 15.9 Å². The number of carbonyl (C=O) groups excluding carboxylic acids is 2. The number of carbonyl (C=O) groups is 2. The second kappa shape index (κ2) is 12.3. The summed E-state index contributed by atoms with van der Waals surface area (Å²) in [5.41, 5.74) is 0.866. The second-order valence-electron chi connectivity index (χ2n) is 8.24. The summed E-state index contributed by atoms with van der Waals surface area (Å²) in [5.74, 6) is -0.333. The molecule has 0 fully saturated rings. The standard InChI is InChI=1S/C27H31N3O6S/c1-5-19(2)28-27(32)22-13-9-10-14-23(22)29-26(31)18-30(20-11-7-6-8-12-20)37(33,34)21-15-16-24(35-3)25(17-21)36-4/h6-17,19H,5,18H2,1-4H3,(H,28,32)(H,29,31)/t19-/m1/s1. The van der Waals surface area contributed by atoms with Gasteiger partial charge in [-0.1, -0.05) is 37.3 Å². The van der Waals surface area contributed by atoms with Crippen molar-refractivity contribution in [3.63, 3.8) is 0 Å². The SMILES string of the molecule is CC[C@@H](C)NC(=O)c1ccccc1NC(=O)CN(c1ccccc1)S(=O)(=O)c1ccc(OC)c(OC)c1. The van der Waals surface area contributed by atoms with Crippen LogP contribution in [0.5, 0.6) is 11.5 Å². The third-order valence-electron chi connectivity index (χ3n) is 5.71. The molecule has 196 valence electrons. The molecule has 0 saturated heterocycles. The van der Waals surface area contributed by atoms with E-state index in [9.17, 15) is 18.0 Å². The maximum Gasteiger partial charge on any atom is 0.264 e. The lowest BCUT2D eigenvalue weighted by molar-refractivity contribution is -0.114. The smallest absolute Gasteiger partial charge is 0.264 e. The average molecular weight is 526 g/mol. The van der Waals surface area contributed by atoms with Crippen molar-refractivity contribution in [1.82, 2.24) is 5.32 Å². The van der Waals surface area contributed by atoms with E-state index in [4.69, 9.17) is 9.47 Å². The van der Waals surface area contributed by atoms with Crippen LogP contribution in [0.25, 0.3) is 0 Å². The van der Waals surface area contributed by atoms with Crippen LogP contribution in [0.15, 0.2) is 77.7 Å². The number of sulfonamides is 1. The van der Waals surface area contributed by atoms with Crippen molar-refractivity contribution in [1.29, 1.82) is 0 Å². The van der Waals surface area contributed by atoms with Gasteiger partial charge in [0.2, 0.25) is 5.91 Å². The lowest BCUT2D eigenvalue weighted by Gasteiger charge is -2.24. The average Bonchev–Trinajstić information content (AvgIpc) is 2.91. The van der Waals surface area contributed by atoms with Crippen molar-refractivity contribution in [3.8, 4) is 11.5 Å². The van der Waals surface area contributed by atoms with Gasteiger partial charge in [-0.3, -0.25) is 13.9 Å². The zero-order valence-electron chi connectivity index (χ0n) is 21.2. The number of nitrogens with one attached hydrogen (secondary N) is 2. The fourth-order valence-corrected chi connectivity index (χ4v) is 4.96. The first-order valence-electron chi connectivity index (χ1n) is 11.7. The topological polar surface area (TPSA) is 114 Å². The van der Waals surface area contributed by atoms with Crippen LogP contribution in [0.1, 0.15) is 30.6 Å². The molecule has 10 heteroatoms. The predicted molar refractivity (Wildman–Crippen MR) is 143 cm³/mol. The van der Waals surface area contributed by atoms with E-state index in [1.165, 1.54) is 32.4 Å². The fraction of sp³-hybridized carbons (Fsp3) is 0.259. The molecule has 0 radical (unpaired) electrons. The molecule has 37 heavy (non-hydrogen) atoms.